The maximum Gasteiger partial charge on any atom is 0.311 e. The molecule has 0 unspecified atom stereocenters. The molecular formula is C20H24O4. The second kappa shape index (κ2) is 5.54. The van der Waals surface area contributed by atoms with E-state index < -0.39 is 5.41 Å². The molecule has 3 rings (SSSR count). The summed E-state index contributed by atoms with van der Waals surface area (Å²) in [6.07, 6.45) is 2.93. The summed E-state index contributed by atoms with van der Waals surface area (Å²) >= 11 is 0. The number of carbonyl (C=O) groups is 3. The Morgan fingerprint density at radius 2 is 1.92 bits per heavy atom. The number of methoxy groups -OCH3 is 1. The Labute approximate surface area is 142 Å². The van der Waals surface area contributed by atoms with Crippen LogP contribution in [-0.2, 0) is 14.9 Å². The minimum atomic E-state index is -0.644. The summed E-state index contributed by atoms with van der Waals surface area (Å²) in [5.74, 6) is -0.321. The molecular weight excluding hydrogens is 304 g/mol. The van der Waals surface area contributed by atoms with E-state index in [1.807, 2.05) is 13.0 Å². The lowest BCUT2D eigenvalue weighted by Gasteiger charge is -2.53. The normalized spacial score (nSPS) is 31.8. The zero-order valence-electron chi connectivity index (χ0n) is 14.8. The molecule has 0 saturated heterocycles. The fraction of sp³-hybridized carbons (Fsp3) is 0.550. The summed E-state index contributed by atoms with van der Waals surface area (Å²) < 4.78 is 5.07. The maximum absolute atomic E-state index is 12.8. The second-order valence-electron chi connectivity index (χ2n) is 7.68. The Balaban J connectivity index is 2.15. The summed E-state index contributed by atoms with van der Waals surface area (Å²) in [6, 6.07) is 5.44. The van der Waals surface area contributed by atoms with Gasteiger partial charge in [0, 0.05) is 17.5 Å². The number of esters is 1. The fourth-order valence-electron chi connectivity index (χ4n) is 4.91. The number of ether oxygens (including phenoxy) is 1. The Kier molecular flexibility index (Phi) is 3.89. The van der Waals surface area contributed by atoms with Gasteiger partial charge in [-0.3, -0.25) is 14.4 Å². The summed E-state index contributed by atoms with van der Waals surface area (Å²) in [6.45, 7) is 5.59. The molecule has 24 heavy (non-hydrogen) atoms. The SMILES string of the molecule is COC(=O)[C@]1(C)CCC[C@]2(C)c3ccc(C(C)=O)cc3C(=O)C[C@H]12. The molecule has 1 saturated carbocycles. The number of ketones is 2. The van der Waals surface area contributed by atoms with E-state index in [0.29, 0.717) is 17.5 Å². The molecule has 2 aliphatic carbocycles. The average molecular weight is 328 g/mol. The highest BCUT2D eigenvalue weighted by Crippen LogP contribution is 2.57. The minimum Gasteiger partial charge on any atom is -0.469 e. The van der Waals surface area contributed by atoms with Crippen LogP contribution < -0.4 is 0 Å². The van der Waals surface area contributed by atoms with E-state index in [-0.39, 0.29) is 28.9 Å². The number of benzene rings is 1. The first-order valence-electron chi connectivity index (χ1n) is 8.51. The van der Waals surface area contributed by atoms with Crippen LogP contribution in [0.15, 0.2) is 18.2 Å². The molecule has 1 aromatic rings. The zero-order chi connectivity index (χ0) is 17.7. The summed E-state index contributed by atoms with van der Waals surface area (Å²) in [4.78, 5) is 36.9. The van der Waals surface area contributed by atoms with Gasteiger partial charge in [0.2, 0.25) is 0 Å². The first kappa shape index (κ1) is 16.9. The first-order chi connectivity index (χ1) is 11.2. The summed E-state index contributed by atoms with van der Waals surface area (Å²) in [7, 11) is 1.41. The van der Waals surface area contributed by atoms with Crippen molar-refractivity contribution in [3.8, 4) is 0 Å². The lowest BCUT2D eigenvalue weighted by Crippen LogP contribution is -2.53. The lowest BCUT2D eigenvalue weighted by molar-refractivity contribution is -0.160. The Hall–Kier alpha value is -1.97. The molecule has 0 spiro atoms. The molecule has 0 aliphatic heterocycles. The van der Waals surface area contributed by atoms with E-state index >= 15 is 0 Å². The fourth-order valence-corrected chi connectivity index (χ4v) is 4.91. The molecule has 128 valence electrons. The van der Waals surface area contributed by atoms with Crippen molar-refractivity contribution in [2.75, 3.05) is 7.11 Å². The Morgan fingerprint density at radius 1 is 1.21 bits per heavy atom. The molecule has 0 aromatic heterocycles. The Bertz CT molecular complexity index is 735. The van der Waals surface area contributed by atoms with Gasteiger partial charge in [-0.25, -0.2) is 0 Å². The van der Waals surface area contributed by atoms with E-state index in [0.717, 1.165) is 24.8 Å². The van der Waals surface area contributed by atoms with Crippen LogP contribution in [0.4, 0.5) is 0 Å². The summed E-state index contributed by atoms with van der Waals surface area (Å²) in [5.41, 5.74) is 1.29. The van der Waals surface area contributed by atoms with Crippen molar-refractivity contribution in [1.29, 1.82) is 0 Å². The molecule has 0 amide bonds. The van der Waals surface area contributed by atoms with Gasteiger partial charge in [-0.15, -0.1) is 0 Å². The third-order valence-electron chi connectivity index (χ3n) is 6.31. The first-order valence-corrected chi connectivity index (χ1v) is 8.51. The Morgan fingerprint density at radius 3 is 2.54 bits per heavy atom. The van der Waals surface area contributed by atoms with Gasteiger partial charge < -0.3 is 4.74 Å². The van der Waals surface area contributed by atoms with Crippen molar-refractivity contribution in [3.05, 3.63) is 34.9 Å². The van der Waals surface area contributed by atoms with Crippen LogP contribution in [0, 0.1) is 11.3 Å². The predicted octanol–water partition coefficient (Wildman–Crippen LogP) is 3.71. The van der Waals surface area contributed by atoms with Crippen molar-refractivity contribution in [3.63, 3.8) is 0 Å². The molecule has 4 heteroatoms. The highest BCUT2D eigenvalue weighted by molar-refractivity contribution is 6.03. The quantitative estimate of drug-likeness (QED) is 0.613. The molecule has 3 atom stereocenters. The summed E-state index contributed by atoms with van der Waals surface area (Å²) in [5, 5.41) is 0. The van der Waals surface area contributed by atoms with Crippen molar-refractivity contribution in [2.24, 2.45) is 11.3 Å². The van der Waals surface area contributed by atoms with E-state index in [4.69, 9.17) is 4.74 Å². The van der Waals surface area contributed by atoms with Gasteiger partial charge in [0.05, 0.1) is 12.5 Å². The monoisotopic (exact) mass is 328 g/mol. The van der Waals surface area contributed by atoms with Crippen molar-refractivity contribution < 1.29 is 19.1 Å². The molecule has 0 radical (unpaired) electrons. The van der Waals surface area contributed by atoms with Gasteiger partial charge in [-0.2, -0.15) is 0 Å². The molecule has 1 aromatic carbocycles. The largest absolute Gasteiger partial charge is 0.469 e. The van der Waals surface area contributed by atoms with E-state index in [1.54, 1.807) is 12.1 Å². The highest BCUT2D eigenvalue weighted by atomic mass is 16.5. The van der Waals surface area contributed by atoms with Gasteiger partial charge >= 0.3 is 5.97 Å². The lowest BCUT2D eigenvalue weighted by atomic mass is 9.49. The van der Waals surface area contributed by atoms with Gasteiger partial charge in [-0.05, 0) is 49.7 Å². The number of hydrogen-bond donors (Lipinski definition) is 0. The zero-order valence-corrected chi connectivity index (χ0v) is 14.8. The average Bonchev–Trinajstić information content (AvgIpc) is 2.56. The number of rotatable bonds is 2. The van der Waals surface area contributed by atoms with Crippen LogP contribution in [-0.4, -0.2) is 24.6 Å². The van der Waals surface area contributed by atoms with E-state index in [9.17, 15) is 14.4 Å². The number of fused-ring (bicyclic) bond motifs is 3. The second-order valence-corrected chi connectivity index (χ2v) is 7.68. The van der Waals surface area contributed by atoms with Gasteiger partial charge in [-0.1, -0.05) is 25.5 Å². The molecule has 1 fully saturated rings. The number of carbonyl (C=O) groups excluding carboxylic acids is 3. The third kappa shape index (κ3) is 2.23. The van der Waals surface area contributed by atoms with E-state index in [1.165, 1.54) is 14.0 Å². The van der Waals surface area contributed by atoms with Gasteiger partial charge in [0.25, 0.3) is 0 Å². The van der Waals surface area contributed by atoms with Crippen LogP contribution in [0.2, 0.25) is 0 Å². The molecule has 2 aliphatic rings. The predicted molar refractivity (Wildman–Crippen MR) is 90.2 cm³/mol. The van der Waals surface area contributed by atoms with Crippen molar-refractivity contribution in [1.82, 2.24) is 0 Å². The van der Waals surface area contributed by atoms with Crippen LogP contribution in [0.5, 0.6) is 0 Å². The molecule has 0 heterocycles. The standard InChI is InChI=1S/C20H24O4/c1-12(21)13-6-7-15-14(10-13)16(22)11-17-19(15,2)8-5-9-20(17,3)18(23)24-4/h6-7,10,17H,5,8-9,11H2,1-4H3/t17-,19+,20+/m0/s1. The smallest absolute Gasteiger partial charge is 0.311 e. The number of hydrogen-bond acceptors (Lipinski definition) is 4. The molecule has 0 N–H and O–H groups in total. The van der Waals surface area contributed by atoms with Crippen LogP contribution >= 0.6 is 0 Å². The van der Waals surface area contributed by atoms with Crippen molar-refractivity contribution in [2.45, 2.75) is 51.9 Å². The van der Waals surface area contributed by atoms with Crippen LogP contribution in [0.1, 0.15) is 72.7 Å². The van der Waals surface area contributed by atoms with Crippen LogP contribution in [0.3, 0.4) is 0 Å². The maximum atomic E-state index is 12.8. The van der Waals surface area contributed by atoms with Crippen LogP contribution in [0.25, 0.3) is 0 Å². The number of Topliss-reactive ketones (excluding diaryl/α,β-unsaturated/α-hetero) is 2. The molecule has 0 bridgehead atoms. The minimum absolute atomic E-state index is 0.0209. The topological polar surface area (TPSA) is 60.4 Å². The van der Waals surface area contributed by atoms with Gasteiger partial charge in [0.15, 0.2) is 11.6 Å². The third-order valence-corrected chi connectivity index (χ3v) is 6.31. The molecule has 4 nitrogen and oxygen atoms in total. The van der Waals surface area contributed by atoms with Crippen molar-refractivity contribution >= 4 is 17.5 Å². The highest BCUT2D eigenvalue weighted by Gasteiger charge is 2.57. The van der Waals surface area contributed by atoms with Gasteiger partial charge in [0.1, 0.15) is 0 Å². The van der Waals surface area contributed by atoms with E-state index in [2.05, 4.69) is 6.92 Å².